The van der Waals surface area contributed by atoms with Crippen LogP contribution < -0.4 is 20.1 Å². The first-order valence-electron chi connectivity index (χ1n) is 24.2. The van der Waals surface area contributed by atoms with Gasteiger partial charge in [0.1, 0.15) is 34.7 Å². The third kappa shape index (κ3) is 11.1. The van der Waals surface area contributed by atoms with E-state index in [0.29, 0.717) is 98.5 Å². The minimum absolute atomic E-state index is 0.137. The topological polar surface area (TPSA) is 166 Å². The number of piperazine rings is 1. The Morgan fingerprint density at radius 2 is 1.63 bits per heavy atom. The Balaban J connectivity index is 1.01. The highest BCUT2D eigenvalue weighted by atomic mass is 35.5. The predicted molar refractivity (Wildman–Crippen MR) is 269 cm³/mol. The second-order valence-corrected chi connectivity index (χ2v) is 19.6. The maximum absolute atomic E-state index is 14.6. The zero-order chi connectivity index (χ0) is 50.7. The van der Waals surface area contributed by atoms with Gasteiger partial charge in [-0.3, -0.25) is 34.1 Å². The van der Waals surface area contributed by atoms with Crippen molar-refractivity contribution in [1.82, 2.24) is 34.8 Å². The molecule has 2 aliphatic rings. The molecule has 17 heteroatoms. The fourth-order valence-corrected chi connectivity index (χ4v) is 9.97. The van der Waals surface area contributed by atoms with Gasteiger partial charge >= 0.3 is 5.97 Å². The number of amides is 4. The number of carbonyl (C=O) groups is 5. The second-order valence-electron chi connectivity index (χ2n) is 19.2. The summed E-state index contributed by atoms with van der Waals surface area (Å²) >= 11 is 7.20. The Kier molecular flexibility index (Phi) is 15.2. The van der Waals surface area contributed by atoms with Gasteiger partial charge in [-0.1, -0.05) is 42.8 Å². The minimum Gasteiger partial charge on any atom is -0.493 e. The first-order chi connectivity index (χ1) is 33.9. The zero-order valence-corrected chi connectivity index (χ0v) is 42.1. The molecular formula is C54H61ClFN7O8. The van der Waals surface area contributed by atoms with Crippen LogP contribution in [0.3, 0.4) is 0 Å². The molecule has 2 N–H and O–H groups in total. The van der Waals surface area contributed by atoms with E-state index >= 15 is 0 Å². The van der Waals surface area contributed by atoms with Crippen LogP contribution in [-0.4, -0.2) is 111 Å². The quantitative estimate of drug-likeness (QED) is 0.0553. The third-order valence-electron chi connectivity index (χ3n) is 13.3. The summed E-state index contributed by atoms with van der Waals surface area (Å²) in [6.07, 6.45) is 1.82. The van der Waals surface area contributed by atoms with Crippen LogP contribution in [0.5, 0.6) is 11.5 Å². The lowest BCUT2D eigenvalue weighted by Crippen LogP contribution is -2.52. The molecule has 1 unspecified atom stereocenters. The summed E-state index contributed by atoms with van der Waals surface area (Å²) in [5, 5.41) is 12.7. The van der Waals surface area contributed by atoms with Crippen molar-refractivity contribution in [3.8, 4) is 22.6 Å². The van der Waals surface area contributed by atoms with E-state index in [2.05, 4.69) is 20.1 Å². The first kappa shape index (κ1) is 50.6. The molecule has 1 atom stereocenters. The number of ether oxygens (including phenoxy) is 3. The molecule has 8 rings (SSSR count). The minimum atomic E-state index is -0.827. The van der Waals surface area contributed by atoms with Crippen molar-refractivity contribution in [2.75, 3.05) is 45.9 Å². The van der Waals surface area contributed by atoms with Crippen LogP contribution in [0.25, 0.3) is 32.8 Å². The molecule has 4 aromatic carbocycles. The number of aromatic nitrogens is 3. The number of aryl methyl sites for hydroxylation is 3. The number of esters is 1. The van der Waals surface area contributed by atoms with Crippen molar-refractivity contribution in [3.63, 3.8) is 0 Å². The summed E-state index contributed by atoms with van der Waals surface area (Å²) in [7, 11) is 1.90. The van der Waals surface area contributed by atoms with Crippen LogP contribution in [0.4, 0.5) is 4.39 Å². The van der Waals surface area contributed by atoms with Gasteiger partial charge in [0.2, 0.25) is 11.8 Å². The van der Waals surface area contributed by atoms with E-state index < -0.39 is 29.4 Å². The molecule has 4 amide bonds. The zero-order valence-electron chi connectivity index (χ0n) is 41.4. The first-order valence-corrected chi connectivity index (χ1v) is 24.6. The lowest BCUT2D eigenvalue weighted by Gasteiger charge is -2.35. The molecule has 2 aromatic heterocycles. The number of piperidine rings is 1. The summed E-state index contributed by atoms with van der Waals surface area (Å²) in [5.41, 5.74) is 5.61. The summed E-state index contributed by atoms with van der Waals surface area (Å²) in [6.45, 7) is 14.5. The number of fused-ring (bicyclic) bond motifs is 2. The number of benzene rings is 4. The highest BCUT2D eigenvalue weighted by Crippen LogP contribution is 2.42. The summed E-state index contributed by atoms with van der Waals surface area (Å²) in [6, 6.07) is 18.3. The largest absolute Gasteiger partial charge is 0.493 e. The molecule has 0 spiro atoms. The molecule has 2 fully saturated rings. The molecule has 6 aromatic rings. The lowest BCUT2D eigenvalue weighted by molar-refractivity contribution is -0.136. The second kappa shape index (κ2) is 21.3. The monoisotopic (exact) mass is 989 g/mol. The number of rotatable bonds is 16. The molecule has 2 saturated heterocycles. The van der Waals surface area contributed by atoms with E-state index in [1.165, 1.54) is 12.1 Å². The number of nitrogens with one attached hydrogen (secondary N) is 2. The van der Waals surface area contributed by atoms with Gasteiger partial charge in [-0.25, -0.2) is 9.18 Å². The van der Waals surface area contributed by atoms with Crippen LogP contribution in [0.15, 0.2) is 66.7 Å². The van der Waals surface area contributed by atoms with Crippen molar-refractivity contribution in [2.45, 2.75) is 91.8 Å². The smallest absolute Gasteiger partial charge is 0.355 e. The van der Waals surface area contributed by atoms with Gasteiger partial charge < -0.3 is 29.0 Å². The summed E-state index contributed by atoms with van der Waals surface area (Å²) < 4.78 is 36.5. The molecule has 0 bridgehead atoms. The normalized spacial score (nSPS) is 15.6. The number of hydrogen-bond acceptors (Lipinski definition) is 10. The van der Waals surface area contributed by atoms with Crippen LogP contribution in [0.2, 0.25) is 5.02 Å². The predicted octanol–water partition coefficient (Wildman–Crippen LogP) is 7.89. The number of imide groups is 1. The standard InChI is InChI=1S/C54H61ClFN7O8/c1-8-36-40(51(66)57-42-21-22-45(64)58-52(42)67)13-10-16-43(36)70-31-46(65)62-26-23-61(24-27-62)25-28-63-49-39(19-20-41(55)48(49)47-32(2)59-60(7)33(47)3)38(50(63)53(68)71-54(4,5)6)14-11-29-69-44-15-9-12-34-30-35(56)17-18-37(34)44/h9-10,12-13,15-20,30,42H,8,11,14,21-29,31H2,1-7H3,(H,57,66)(H,58,64,67). The number of halogens is 2. The molecule has 4 heterocycles. The average molecular weight is 991 g/mol. The van der Waals surface area contributed by atoms with Gasteiger partial charge in [0.05, 0.1) is 22.8 Å². The number of carbonyl (C=O) groups excluding carboxylic acids is 5. The molecule has 0 saturated carbocycles. The summed E-state index contributed by atoms with van der Waals surface area (Å²) in [4.78, 5) is 69.5. The maximum atomic E-state index is 14.6. The van der Waals surface area contributed by atoms with Crippen molar-refractivity contribution in [1.29, 1.82) is 0 Å². The van der Waals surface area contributed by atoms with Crippen molar-refractivity contribution in [2.24, 2.45) is 7.05 Å². The number of hydrogen-bond donors (Lipinski definition) is 2. The Labute approximate surface area is 417 Å². The Bertz CT molecular complexity index is 3040. The van der Waals surface area contributed by atoms with Crippen LogP contribution in [-0.2, 0) is 45.6 Å². The summed E-state index contributed by atoms with van der Waals surface area (Å²) in [5.74, 6) is -1.29. The van der Waals surface area contributed by atoms with E-state index in [9.17, 15) is 28.4 Å². The van der Waals surface area contributed by atoms with Crippen LogP contribution in [0.1, 0.15) is 90.3 Å². The molecule has 374 valence electrons. The third-order valence-corrected chi connectivity index (χ3v) is 13.6. The Hall–Kier alpha value is -6.78. The molecule has 15 nitrogen and oxygen atoms in total. The molecule has 0 radical (unpaired) electrons. The van der Waals surface area contributed by atoms with Gasteiger partial charge in [0.15, 0.2) is 6.61 Å². The van der Waals surface area contributed by atoms with E-state index in [1.807, 2.05) is 83.6 Å². The van der Waals surface area contributed by atoms with Crippen LogP contribution in [0, 0.1) is 19.7 Å². The van der Waals surface area contributed by atoms with E-state index in [1.54, 1.807) is 29.2 Å². The SMILES string of the molecule is CCc1c(OCC(=O)N2CCN(CCn3c(C(=O)OC(C)(C)C)c(CCCOc4cccc5cc(F)ccc45)c4ccc(Cl)c(-c5c(C)nn(C)c5C)c43)CC2)cccc1C(=O)NC1CCC(=O)NC1=O. The van der Waals surface area contributed by atoms with E-state index in [-0.39, 0.29) is 37.1 Å². The average Bonchev–Trinajstić information content (AvgIpc) is 3.78. The van der Waals surface area contributed by atoms with Crippen molar-refractivity contribution in [3.05, 3.63) is 111 Å². The Morgan fingerprint density at radius 3 is 2.34 bits per heavy atom. The van der Waals surface area contributed by atoms with Crippen molar-refractivity contribution >= 4 is 62.9 Å². The van der Waals surface area contributed by atoms with Gasteiger partial charge in [0, 0.05) is 91.5 Å². The lowest BCUT2D eigenvalue weighted by atomic mass is 9.98. The van der Waals surface area contributed by atoms with Gasteiger partial charge in [-0.2, -0.15) is 5.10 Å². The fraction of sp³-hybridized carbons (Fsp3) is 0.407. The molecule has 0 aliphatic carbocycles. The van der Waals surface area contributed by atoms with Gasteiger partial charge in [-0.05, 0) is 114 Å². The van der Waals surface area contributed by atoms with Gasteiger partial charge in [-0.15, -0.1) is 0 Å². The maximum Gasteiger partial charge on any atom is 0.355 e. The fourth-order valence-electron chi connectivity index (χ4n) is 9.72. The number of nitrogens with zero attached hydrogens (tertiary/aromatic N) is 5. The molecule has 2 aliphatic heterocycles. The van der Waals surface area contributed by atoms with E-state index in [4.69, 9.17) is 30.9 Å². The highest BCUT2D eigenvalue weighted by Gasteiger charge is 2.33. The van der Waals surface area contributed by atoms with Gasteiger partial charge in [0.25, 0.3) is 11.8 Å². The molecular weight excluding hydrogens is 929 g/mol. The van der Waals surface area contributed by atoms with Crippen molar-refractivity contribution < 1.29 is 42.6 Å². The Morgan fingerprint density at radius 1 is 0.901 bits per heavy atom. The van der Waals surface area contributed by atoms with E-state index in [0.717, 1.165) is 49.8 Å². The highest BCUT2D eigenvalue weighted by molar-refractivity contribution is 6.35. The van der Waals surface area contributed by atoms with Crippen LogP contribution >= 0.6 is 11.6 Å². The molecule has 71 heavy (non-hydrogen) atoms.